The smallest absolute Gasteiger partial charge is 0.238 e. The van der Waals surface area contributed by atoms with E-state index in [1.165, 1.54) is 6.20 Å². The fourth-order valence-corrected chi connectivity index (χ4v) is 2.23. The number of carbonyl (C=O) groups excluding carboxylic acids is 1. The maximum Gasteiger partial charge on any atom is 0.238 e. The molecule has 1 aromatic heterocycles. The van der Waals surface area contributed by atoms with E-state index >= 15 is 0 Å². The molecule has 0 spiro atoms. The Morgan fingerprint density at radius 1 is 1.26 bits per heavy atom. The summed E-state index contributed by atoms with van der Waals surface area (Å²) in [6.45, 7) is 1.88. The normalized spacial score (nSPS) is 11.8. The van der Waals surface area contributed by atoms with Crippen LogP contribution in [0.5, 0.6) is 17.4 Å². The zero-order chi connectivity index (χ0) is 16.8. The molecular formula is C16H16Cl2N2O3. The van der Waals surface area contributed by atoms with Gasteiger partial charge in [-0.15, -0.1) is 0 Å². The number of hydrogen-bond acceptors (Lipinski definition) is 4. The van der Waals surface area contributed by atoms with Crippen LogP contribution in [0.25, 0.3) is 0 Å². The molecule has 2 aromatic rings. The number of halogens is 2. The van der Waals surface area contributed by atoms with Crippen LogP contribution in [0.4, 0.5) is 0 Å². The number of carbonyl (C=O) groups is 1. The number of benzene rings is 1. The molecule has 0 aliphatic heterocycles. The number of amides is 1. The molecule has 0 radical (unpaired) electrons. The second-order valence-corrected chi connectivity index (χ2v) is 5.79. The van der Waals surface area contributed by atoms with Crippen LogP contribution >= 0.6 is 23.2 Å². The number of ether oxygens (including phenoxy) is 2. The zero-order valence-corrected chi connectivity index (χ0v) is 14.0. The predicted octanol–water partition coefficient (Wildman–Crippen LogP) is 4.21. The average Bonchev–Trinajstić information content (AvgIpc) is 2.50. The van der Waals surface area contributed by atoms with Crippen LogP contribution in [-0.4, -0.2) is 17.0 Å². The van der Waals surface area contributed by atoms with Crippen molar-refractivity contribution in [3.8, 4) is 17.4 Å². The zero-order valence-electron chi connectivity index (χ0n) is 12.5. The molecule has 0 aliphatic rings. The van der Waals surface area contributed by atoms with E-state index in [4.69, 9.17) is 38.4 Å². The van der Waals surface area contributed by atoms with Crippen LogP contribution in [0.15, 0.2) is 36.5 Å². The third-order valence-corrected chi connectivity index (χ3v) is 3.42. The Hall–Kier alpha value is -1.98. The lowest BCUT2D eigenvalue weighted by atomic mass is 10.2. The van der Waals surface area contributed by atoms with Gasteiger partial charge in [0.2, 0.25) is 11.8 Å². The van der Waals surface area contributed by atoms with E-state index in [0.29, 0.717) is 34.4 Å². The highest BCUT2D eigenvalue weighted by molar-refractivity contribution is 6.35. The molecule has 0 bridgehead atoms. The molecule has 1 aromatic carbocycles. The number of nitrogens with two attached hydrogens (primary N) is 1. The van der Waals surface area contributed by atoms with Gasteiger partial charge in [-0.1, -0.05) is 23.2 Å². The largest absolute Gasteiger partial charge is 0.491 e. The maximum atomic E-state index is 10.7. The molecule has 0 saturated carbocycles. The van der Waals surface area contributed by atoms with E-state index in [-0.39, 0.29) is 17.9 Å². The fourth-order valence-electron chi connectivity index (χ4n) is 1.81. The quantitative estimate of drug-likeness (QED) is 0.807. The average molecular weight is 355 g/mol. The maximum absolute atomic E-state index is 10.7. The Morgan fingerprint density at radius 3 is 2.52 bits per heavy atom. The van der Waals surface area contributed by atoms with E-state index in [1.54, 1.807) is 30.3 Å². The monoisotopic (exact) mass is 354 g/mol. The number of aromatic nitrogens is 1. The van der Waals surface area contributed by atoms with E-state index < -0.39 is 0 Å². The molecule has 23 heavy (non-hydrogen) atoms. The van der Waals surface area contributed by atoms with Crippen LogP contribution in [0.1, 0.15) is 19.8 Å². The van der Waals surface area contributed by atoms with Gasteiger partial charge in [-0.2, -0.15) is 0 Å². The highest BCUT2D eigenvalue weighted by Crippen LogP contribution is 2.30. The summed E-state index contributed by atoms with van der Waals surface area (Å²) < 4.78 is 11.3. The first-order chi connectivity index (χ1) is 10.9. The summed E-state index contributed by atoms with van der Waals surface area (Å²) in [6.07, 6.45) is 2.21. The molecule has 0 fully saturated rings. The summed E-state index contributed by atoms with van der Waals surface area (Å²) in [5, 5.41) is 0.772. The second kappa shape index (κ2) is 8.04. The van der Waals surface area contributed by atoms with Gasteiger partial charge in [0.25, 0.3) is 0 Å². The molecular weight excluding hydrogens is 339 g/mol. The standard InChI is InChI=1S/C16H16Cl2N2O3/c1-10(2-7-15(19)21)22-12-3-5-13(6-4-12)23-16-14(18)8-11(17)9-20-16/h3-6,8-10H,2,7H2,1H3,(H2,19,21). The Morgan fingerprint density at radius 2 is 1.91 bits per heavy atom. The Kier molecular flexibility index (Phi) is 6.07. The van der Waals surface area contributed by atoms with Crippen LogP contribution < -0.4 is 15.2 Å². The van der Waals surface area contributed by atoms with Gasteiger partial charge >= 0.3 is 0 Å². The van der Waals surface area contributed by atoms with Crippen LogP contribution in [0.3, 0.4) is 0 Å². The van der Waals surface area contributed by atoms with Crippen molar-refractivity contribution in [2.24, 2.45) is 5.73 Å². The first-order valence-corrected chi connectivity index (χ1v) is 7.73. The van der Waals surface area contributed by atoms with E-state index in [1.807, 2.05) is 6.92 Å². The van der Waals surface area contributed by atoms with Gasteiger partial charge in [0.1, 0.15) is 16.5 Å². The summed E-state index contributed by atoms with van der Waals surface area (Å²) in [4.78, 5) is 14.8. The second-order valence-electron chi connectivity index (χ2n) is 4.95. The van der Waals surface area contributed by atoms with Crippen molar-refractivity contribution in [2.45, 2.75) is 25.9 Å². The van der Waals surface area contributed by atoms with Crippen LogP contribution in [-0.2, 0) is 4.79 Å². The Bertz CT molecular complexity index is 678. The van der Waals surface area contributed by atoms with Crippen LogP contribution in [0.2, 0.25) is 10.0 Å². The molecule has 0 saturated heterocycles. The molecule has 2 rings (SSSR count). The molecule has 1 unspecified atom stereocenters. The van der Waals surface area contributed by atoms with Crippen molar-refractivity contribution in [2.75, 3.05) is 0 Å². The van der Waals surface area contributed by atoms with Gasteiger partial charge < -0.3 is 15.2 Å². The number of primary amides is 1. The van der Waals surface area contributed by atoms with E-state index in [9.17, 15) is 4.79 Å². The minimum atomic E-state index is -0.337. The number of hydrogen-bond donors (Lipinski definition) is 1. The Balaban J connectivity index is 1.95. The molecule has 0 aliphatic carbocycles. The summed E-state index contributed by atoms with van der Waals surface area (Å²) in [5.74, 6) is 1.18. The van der Waals surface area contributed by atoms with Gasteiger partial charge in [0.15, 0.2) is 0 Å². The van der Waals surface area contributed by atoms with Gasteiger partial charge in [-0.05, 0) is 43.7 Å². The van der Waals surface area contributed by atoms with Crippen LogP contribution in [0, 0.1) is 0 Å². The number of nitrogens with zero attached hydrogens (tertiary/aromatic N) is 1. The highest BCUT2D eigenvalue weighted by atomic mass is 35.5. The van der Waals surface area contributed by atoms with Gasteiger partial charge in [-0.25, -0.2) is 4.98 Å². The van der Waals surface area contributed by atoms with Gasteiger partial charge in [-0.3, -0.25) is 4.79 Å². The molecule has 5 nitrogen and oxygen atoms in total. The topological polar surface area (TPSA) is 74.4 Å². The summed E-state index contributed by atoms with van der Waals surface area (Å²) in [6, 6.07) is 8.56. The molecule has 1 heterocycles. The number of pyridine rings is 1. The third kappa shape index (κ3) is 5.62. The number of rotatable bonds is 7. The van der Waals surface area contributed by atoms with Crippen molar-refractivity contribution >= 4 is 29.1 Å². The lowest BCUT2D eigenvalue weighted by molar-refractivity contribution is -0.118. The van der Waals surface area contributed by atoms with Gasteiger partial charge in [0.05, 0.1) is 11.1 Å². The predicted molar refractivity (Wildman–Crippen MR) is 89.3 cm³/mol. The van der Waals surface area contributed by atoms with Crippen molar-refractivity contribution < 1.29 is 14.3 Å². The van der Waals surface area contributed by atoms with Gasteiger partial charge in [0, 0.05) is 12.6 Å². The lowest BCUT2D eigenvalue weighted by Gasteiger charge is -2.14. The lowest BCUT2D eigenvalue weighted by Crippen LogP contribution is -2.17. The first-order valence-electron chi connectivity index (χ1n) is 6.98. The molecule has 122 valence electrons. The minimum absolute atomic E-state index is 0.110. The highest BCUT2D eigenvalue weighted by Gasteiger charge is 2.08. The van der Waals surface area contributed by atoms with E-state index in [0.717, 1.165) is 0 Å². The molecule has 1 amide bonds. The third-order valence-electron chi connectivity index (χ3n) is 2.95. The fraction of sp³-hybridized carbons (Fsp3) is 0.250. The van der Waals surface area contributed by atoms with Crippen molar-refractivity contribution in [3.05, 3.63) is 46.6 Å². The molecule has 2 N–H and O–H groups in total. The summed E-state index contributed by atoms with van der Waals surface area (Å²) >= 11 is 11.8. The summed E-state index contributed by atoms with van der Waals surface area (Å²) in [5.41, 5.74) is 5.11. The minimum Gasteiger partial charge on any atom is -0.491 e. The first kappa shape index (κ1) is 17.4. The van der Waals surface area contributed by atoms with Crippen molar-refractivity contribution in [3.63, 3.8) is 0 Å². The van der Waals surface area contributed by atoms with Crippen molar-refractivity contribution in [1.82, 2.24) is 4.98 Å². The SMILES string of the molecule is CC(CCC(N)=O)Oc1ccc(Oc2ncc(Cl)cc2Cl)cc1. The Labute approximate surface area is 144 Å². The molecule has 7 heteroatoms. The van der Waals surface area contributed by atoms with Crippen molar-refractivity contribution in [1.29, 1.82) is 0 Å². The van der Waals surface area contributed by atoms with E-state index in [2.05, 4.69) is 4.98 Å². The molecule has 1 atom stereocenters. The summed E-state index contributed by atoms with van der Waals surface area (Å²) in [7, 11) is 0.